The summed E-state index contributed by atoms with van der Waals surface area (Å²) in [6, 6.07) is 8.45. The highest BCUT2D eigenvalue weighted by Crippen LogP contribution is 2.18. The maximum atomic E-state index is 12.1. The summed E-state index contributed by atoms with van der Waals surface area (Å²) in [4.78, 5) is 24.1. The van der Waals surface area contributed by atoms with Crippen LogP contribution in [0.4, 0.5) is 11.6 Å². The van der Waals surface area contributed by atoms with E-state index in [-0.39, 0.29) is 17.1 Å². The molecule has 0 bridgehead atoms. The van der Waals surface area contributed by atoms with Gasteiger partial charge in [-0.2, -0.15) is 5.26 Å². The Morgan fingerprint density at radius 3 is 2.74 bits per heavy atom. The van der Waals surface area contributed by atoms with Crippen molar-refractivity contribution in [2.75, 3.05) is 11.1 Å². The second-order valence-corrected chi connectivity index (χ2v) is 4.70. The maximum absolute atomic E-state index is 12.1. The van der Waals surface area contributed by atoms with E-state index in [1.54, 1.807) is 24.3 Å². The van der Waals surface area contributed by atoms with Crippen LogP contribution in [0.15, 0.2) is 28.8 Å². The number of carbonyl (C=O) groups excluding carboxylic acids is 2. The molecule has 0 radical (unpaired) electrons. The van der Waals surface area contributed by atoms with Gasteiger partial charge in [0.1, 0.15) is 11.6 Å². The quantitative estimate of drug-likeness (QED) is 0.819. The molecule has 3 N–H and O–H groups in total. The van der Waals surface area contributed by atoms with Crippen LogP contribution in [0.1, 0.15) is 28.5 Å². The van der Waals surface area contributed by atoms with E-state index in [0.717, 1.165) is 0 Å². The normalized spacial score (nSPS) is 11.3. The van der Waals surface area contributed by atoms with Crippen LogP contribution in [0.2, 0.25) is 0 Å². The molecule has 8 nitrogen and oxygen atoms in total. The fourth-order valence-electron chi connectivity index (χ4n) is 1.83. The minimum Gasteiger partial charge on any atom is -0.449 e. The first-order valence-electron chi connectivity index (χ1n) is 6.66. The number of nitrogens with two attached hydrogens (primary N) is 1. The van der Waals surface area contributed by atoms with Gasteiger partial charge in [0.25, 0.3) is 5.91 Å². The van der Waals surface area contributed by atoms with Crippen molar-refractivity contribution in [1.82, 2.24) is 5.16 Å². The number of rotatable bonds is 4. The molecule has 0 saturated carbocycles. The third-order valence-electron chi connectivity index (χ3n) is 3.05. The van der Waals surface area contributed by atoms with E-state index >= 15 is 0 Å². The number of benzene rings is 1. The number of nitrogen functional groups attached to an aromatic ring is 1. The summed E-state index contributed by atoms with van der Waals surface area (Å²) in [6.07, 6.45) is -1.09. The lowest BCUT2D eigenvalue weighted by Crippen LogP contribution is -2.30. The van der Waals surface area contributed by atoms with Crippen LogP contribution in [0.5, 0.6) is 0 Å². The minimum absolute atomic E-state index is 0.0120. The zero-order valence-electron chi connectivity index (χ0n) is 12.5. The lowest BCUT2D eigenvalue weighted by Gasteiger charge is -2.13. The number of amides is 1. The molecule has 0 aliphatic heterocycles. The van der Waals surface area contributed by atoms with Crippen LogP contribution < -0.4 is 11.1 Å². The number of aromatic nitrogens is 1. The van der Waals surface area contributed by atoms with Crippen LogP contribution >= 0.6 is 0 Å². The highest BCUT2D eigenvalue weighted by molar-refractivity contribution is 5.99. The summed E-state index contributed by atoms with van der Waals surface area (Å²) in [7, 11) is 0. The van der Waals surface area contributed by atoms with Gasteiger partial charge in [-0.3, -0.25) is 4.79 Å². The lowest BCUT2D eigenvalue weighted by atomic mass is 10.2. The number of nitriles is 1. The van der Waals surface area contributed by atoms with E-state index in [9.17, 15) is 9.59 Å². The summed E-state index contributed by atoms with van der Waals surface area (Å²) in [6.45, 7) is 2.94. The Kier molecular flexibility index (Phi) is 4.61. The Balaban J connectivity index is 2.06. The minimum atomic E-state index is -1.09. The Morgan fingerprint density at radius 2 is 2.13 bits per heavy atom. The van der Waals surface area contributed by atoms with Gasteiger partial charge >= 0.3 is 5.97 Å². The van der Waals surface area contributed by atoms with Gasteiger partial charge < -0.3 is 20.3 Å². The van der Waals surface area contributed by atoms with Gasteiger partial charge in [0, 0.05) is 0 Å². The third-order valence-corrected chi connectivity index (χ3v) is 3.05. The second kappa shape index (κ2) is 6.62. The number of hydrogen-bond acceptors (Lipinski definition) is 7. The molecular formula is C15H14N4O4. The molecule has 0 unspecified atom stereocenters. The Bertz CT molecular complexity index is 772. The molecule has 23 heavy (non-hydrogen) atoms. The van der Waals surface area contributed by atoms with Crippen molar-refractivity contribution in [2.24, 2.45) is 0 Å². The van der Waals surface area contributed by atoms with Crippen LogP contribution in [-0.2, 0) is 9.53 Å². The molecule has 8 heteroatoms. The number of esters is 1. The summed E-state index contributed by atoms with van der Waals surface area (Å²) in [5, 5.41) is 15.1. The first kappa shape index (κ1) is 16.0. The van der Waals surface area contributed by atoms with Crippen molar-refractivity contribution in [2.45, 2.75) is 20.0 Å². The number of anilines is 2. The van der Waals surface area contributed by atoms with E-state index < -0.39 is 18.0 Å². The third kappa shape index (κ3) is 3.47. The van der Waals surface area contributed by atoms with Crippen molar-refractivity contribution in [3.63, 3.8) is 0 Å². The number of ether oxygens (including phenoxy) is 1. The van der Waals surface area contributed by atoms with Gasteiger partial charge in [-0.05, 0) is 26.0 Å². The molecule has 0 spiro atoms. The van der Waals surface area contributed by atoms with E-state index in [2.05, 4.69) is 15.0 Å². The second-order valence-electron chi connectivity index (χ2n) is 4.70. The monoisotopic (exact) mass is 314 g/mol. The molecule has 0 aliphatic carbocycles. The highest BCUT2D eigenvalue weighted by Gasteiger charge is 2.25. The summed E-state index contributed by atoms with van der Waals surface area (Å²) >= 11 is 0. The number of aryl methyl sites for hydroxylation is 1. The zero-order chi connectivity index (χ0) is 17.0. The van der Waals surface area contributed by atoms with E-state index in [1.807, 2.05) is 6.07 Å². The highest BCUT2D eigenvalue weighted by atomic mass is 16.5. The molecule has 1 aromatic heterocycles. The first-order valence-corrected chi connectivity index (χ1v) is 6.66. The SMILES string of the molecule is Cc1noc(N)c1C(=O)O[C@@H](C)C(=O)Nc1ccccc1C#N. The number of carbonyl (C=O) groups is 2. The van der Waals surface area contributed by atoms with Gasteiger partial charge in [0.05, 0.1) is 16.9 Å². The summed E-state index contributed by atoms with van der Waals surface area (Å²) in [5.41, 5.74) is 6.39. The fourth-order valence-corrected chi connectivity index (χ4v) is 1.83. The average Bonchev–Trinajstić information content (AvgIpc) is 2.86. The van der Waals surface area contributed by atoms with E-state index in [4.69, 9.17) is 15.7 Å². The molecule has 1 amide bonds. The van der Waals surface area contributed by atoms with E-state index in [1.165, 1.54) is 13.8 Å². The molecule has 1 atom stereocenters. The lowest BCUT2D eigenvalue weighted by molar-refractivity contribution is -0.123. The van der Waals surface area contributed by atoms with Gasteiger partial charge in [0.15, 0.2) is 6.10 Å². The van der Waals surface area contributed by atoms with Crippen LogP contribution in [0.25, 0.3) is 0 Å². The number of hydrogen-bond donors (Lipinski definition) is 2. The van der Waals surface area contributed by atoms with Crippen LogP contribution in [-0.4, -0.2) is 23.1 Å². The van der Waals surface area contributed by atoms with Crippen molar-refractivity contribution >= 4 is 23.4 Å². The van der Waals surface area contributed by atoms with Gasteiger partial charge in [-0.1, -0.05) is 17.3 Å². The predicted molar refractivity (Wildman–Crippen MR) is 80.3 cm³/mol. The molecule has 0 fully saturated rings. The Morgan fingerprint density at radius 1 is 1.43 bits per heavy atom. The van der Waals surface area contributed by atoms with E-state index in [0.29, 0.717) is 11.3 Å². The molecule has 118 valence electrons. The Labute approximate surface area is 131 Å². The molecule has 0 aliphatic rings. The van der Waals surface area contributed by atoms with Crippen LogP contribution in [0.3, 0.4) is 0 Å². The molecule has 0 saturated heterocycles. The van der Waals surface area contributed by atoms with Crippen LogP contribution in [0, 0.1) is 18.3 Å². The smallest absolute Gasteiger partial charge is 0.346 e. The fraction of sp³-hybridized carbons (Fsp3) is 0.200. The maximum Gasteiger partial charge on any atom is 0.346 e. The molecule has 2 aromatic rings. The Hall–Kier alpha value is -3.34. The molecule has 1 aromatic carbocycles. The number of nitrogens with zero attached hydrogens (tertiary/aromatic N) is 2. The van der Waals surface area contributed by atoms with Crippen molar-refractivity contribution in [3.8, 4) is 6.07 Å². The average molecular weight is 314 g/mol. The molecule has 2 rings (SSSR count). The largest absolute Gasteiger partial charge is 0.449 e. The molecular weight excluding hydrogens is 300 g/mol. The number of para-hydroxylation sites is 1. The van der Waals surface area contributed by atoms with Crippen molar-refractivity contribution in [1.29, 1.82) is 5.26 Å². The topological polar surface area (TPSA) is 131 Å². The number of nitrogens with one attached hydrogen (secondary N) is 1. The van der Waals surface area contributed by atoms with Gasteiger partial charge in [-0.25, -0.2) is 4.79 Å². The zero-order valence-corrected chi connectivity index (χ0v) is 12.5. The predicted octanol–water partition coefficient (Wildman–Crippen LogP) is 1.62. The van der Waals surface area contributed by atoms with Gasteiger partial charge in [0.2, 0.25) is 5.88 Å². The standard InChI is InChI=1S/C15H14N4O4/c1-8-12(13(17)23-19-8)15(21)22-9(2)14(20)18-11-6-4-3-5-10(11)7-16/h3-6,9H,17H2,1-2H3,(H,18,20)/t9-/m0/s1. The molecule has 1 heterocycles. The summed E-state index contributed by atoms with van der Waals surface area (Å²) in [5.74, 6) is -1.55. The van der Waals surface area contributed by atoms with Gasteiger partial charge in [-0.15, -0.1) is 0 Å². The van der Waals surface area contributed by atoms with Crippen molar-refractivity contribution < 1.29 is 18.8 Å². The summed E-state index contributed by atoms with van der Waals surface area (Å²) < 4.78 is 9.72. The van der Waals surface area contributed by atoms with Crippen molar-refractivity contribution in [3.05, 3.63) is 41.1 Å². The first-order chi connectivity index (χ1) is 10.9.